The molecule has 4 rings (SSSR count). The second-order valence-corrected chi connectivity index (χ2v) is 16.6. The van der Waals surface area contributed by atoms with Crippen LogP contribution in [0, 0.1) is 5.41 Å². The monoisotopic (exact) mass is 779 g/mol. The van der Waals surface area contributed by atoms with Gasteiger partial charge in [-0.3, -0.25) is 14.4 Å². The number of aliphatic carboxylic acids is 1. The fourth-order valence-corrected chi connectivity index (χ4v) is 9.44. The van der Waals surface area contributed by atoms with Crippen LogP contribution in [0.2, 0.25) is 0 Å². The number of carboxylic acid groups (broad SMARTS) is 1. The lowest BCUT2D eigenvalue weighted by Crippen LogP contribution is -2.43. The van der Waals surface area contributed by atoms with Crippen molar-refractivity contribution >= 4 is 62.3 Å². The summed E-state index contributed by atoms with van der Waals surface area (Å²) in [5.74, 6) is -2.45. The topological polar surface area (TPSA) is 176 Å². The molecule has 0 fully saturated rings. The quantitative estimate of drug-likeness (QED) is 0.0899. The number of sulfone groups is 1. The Morgan fingerprint density at radius 1 is 0.889 bits per heavy atom. The van der Waals surface area contributed by atoms with Crippen LogP contribution in [0.5, 0.6) is 5.75 Å². The number of hydrogen-bond acceptors (Lipinski definition) is 10. The summed E-state index contributed by atoms with van der Waals surface area (Å²) in [6.45, 7) is 2.31. The van der Waals surface area contributed by atoms with Gasteiger partial charge in [-0.1, -0.05) is 61.4 Å². The molecular formula is C40H49N3O9S2. The Morgan fingerprint density at radius 3 is 2.04 bits per heavy atom. The molecule has 0 spiro atoms. The van der Waals surface area contributed by atoms with E-state index in [0.717, 1.165) is 5.69 Å². The summed E-state index contributed by atoms with van der Waals surface area (Å²) in [5.41, 5.74) is 1.02. The van der Waals surface area contributed by atoms with Gasteiger partial charge in [0.2, 0.25) is 5.91 Å². The molecule has 1 unspecified atom stereocenters. The molecule has 3 aromatic rings. The van der Waals surface area contributed by atoms with Crippen LogP contribution in [-0.2, 0) is 33.8 Å². The zero-order chi connectivity index (χ0) is 39.3. The van der Waals surface area contributed by atoms with Gasteiger partial charge in [0.05, 0.1) is 21.2 Å². The molecule has 3 N–H and O–H groups in total. The van der Waals surface area contributed by atoms with Gasteiger partial charge in [0.25, 0.3) is 5.91 Å². The van der Waals surface area contributed by atoms with E-state index in [0.29, 0.717) is 74.1 Å². The number of ketones is 2. The zero-order valence-electron chi connectivity index (χ0n) is 31.0. The van der Waals surface area contributed by atoms with Gasteiger partial charge in [-0.15, -0.1) is 11.8 Å². The molecular weight excluding hydrogens is 731 g/mol. The number of Topliss-reactive ketones (excluding diaryl/α,β-unsaturated/α-hetero) is 2. The number of para-hydroxylation sites is 1. The van der Waals surface area contributed by atoms with Crippen LogP contribution in [0.15, 0.2) is 82.6 Å². The molecule has 290 valence electrons. The lowest BCUT2D eigenvalue weighted by molar-refractivity contribution is -0.138. The van der Waals surface area contributed by atoms with Crippen molar-refractivity contribution < 1.29 is 42.2 Å². The maximum absolute atomic E-state index is 14.6. The van der Waals surface area contributed by atoms with Crippen molar-refractivity contribution in [3.8, 4) is 5.75 Å². The first-order valence-electron chi connectivity index (χ1n) is 18.0. The number of benzene rings is 3. The van der Waals surface area contributed by atoms with Crippen molar-refractivity contribution in [1.29, 1.82) is 0 Å². The Balaban J connectivity index is 1.69. The fourth-order valence-electron chi connectivity index (χ4n) is 6.78. The van der Waals surface area contributed by atoms with E-state index in [4.69, 9.17) is 9.84 Å². The predicted molar refractivity (Wildman–Crippen MR) is 208 cm³/mol. The maximum atomic E-state index is 14.6. The van der Waals surface area contributed by atoms with Crippen LogP contribution in [0.4, 0.5) is 11.4 Å². The van der Waals surface area contributed by atoms with Crippen molar-refractivity contribution in [2.75, 3.05) is 36.6 Å². The van der Waals surface area contributed by atoms with E-state index in [1.54, 1.807) is 50.2 Å². The number of nitrogens with one attached hydrogen (secondary N) is 2. The van der Waals surface area contributed by atoms with E-state index in [-0.39, 0.29) is 28.0 Å². The first-order chi connectivity index (χ1) is 25.7. The summed E-state index contributed by atoms with van der Waals surface area (Å²) in [6, 6.07) is 19.9. The van der Waals surface area contributed by atoms with E-state index in [9.17, 15) is 32.4 Å². The fraction of sp³-hybridized carbons (Fsp3) is 0.425. The van der Waals surface area contributed by atoms with Crippen molar-refractivity contribution in [3.63, 3.8) is 0 Å². The molecule has 1 atom stereocenters. The van der Waals surface area contributed by atoms with Crippen LogP contribution in [-0.4, -0.2) is 74.6 Å². The molecule has 1 heterocycles. The summed E-state index contributed by atoms with van der Waals surface area (Å²) < 4.78 is 35.2. The number of rotatable bonds is 20. The van der Waals surface area contributed by atoms with Gasteiger partial charge in [-0.2, -0.15) is 0 Å². The van der Waals surface area contributed by atoms with Gasteiger partial charge in [0.1, 0.15) is 29.9 Å². The highest BCUT2D eigenvalue weighted by Crippen LogP contribution is 2.48. The normalized spacial score (nSPS) is 14.9. The third kappa shape index (κ3) is 11.9. The summed E-state index contributed by atoms with van der Waals surface area (Å²) in [5, 5.41) is 14.0. The molecule has 54 heavy (non-hydrogen) atoms. The number of ether oxygens (including phenoxy) is 1. The Hall–Kier alpha value is -4.69. The minimum Gasteiger partial charge on any atom is -0.483 e. The van der Waals surface area contributed by atoms with Crippen LogP contribution in [0.3, 0.4) is 0 Å². The first-order valence-corrected chi connectivity index (χ1v) is 20.8. The molecule has 12 nitrogen and oxygen atoms in total. The summed E-state index contributed by atoms with van der Waals surface area (Å²) in [4.78, 5) is 63.5. The van der Waals surface area contributed by atoms with Gasteiger partial charge < -0.3 is 35.0 Å². The number of amides is 2. The average Bonchev–Trinajstić information content (AvgIpc) is 3.23. The summed E-state index contributed by atoms with van der Waals surface area (Å²) in [6.07, 6.45) is 6.41. The van der Waals surface area contributed by atoms with Crippen molar-refractivity contribution in [2.45, 2.75) is 81.0 Å². The van der Waals surface area contributed by atoms with Crippen LogP contribution in [0.1, 0.15) is 76.8 Å². The average molecular weight is 780 g/mol. The molecule has 14 heteroatoms. The lowest BCUT2D eigenvalue weighted by atomic mass is 9.78. The maximum Gasteiger partial charge on any atom is 0.322 e. The van der Waals surface area contributed by atoms with Crippen molar-refractivity contribution in [3.05, 3.63) is 78.4 Å². The molecule has 3 aromatic carbocycles. The minimum atomic E-state index is -3.97. The van der Waals surface area contributed by atoms with Crippen molar-refractivity contribution in [2.24, 2.45) is 5.41 Å². The number of carbonyl (C=O) groups excluding carboxylic acids is 4. The summed E-state index contributed by atoms with van der Waals surface area (Å²) >= 11 is 1.33. The van der Waals surface area contributed by atoms with Gasteiger partial charge in [-0.05, 0) is 69.5 Å². The number of nitrogens with zero attached hydrogens (tertiary/aromatic N) is 1. The van der Waals surface area contributed by atoms with E-state index < -0.39 is 52.2 Å². The Bertz CT molecular complexity index is 1880. The van der Waals surface area contributed by atoms with Crippen LogP contribution in [0.25, 0.3) is 0 Å². The van der Waals surface area contributed by atoms with E-state index >= 15 is 0 Å². The third-order valence-corrected chi connectivity index (χ3v) is 12.1. The second kappa shape index (κ2) is 19.6. The minimum absolute atomic E-state index is 0.0594. The standard InChI is InChI=1S/C40H49N3O9S2/c1-28(44)14-10-12-20-40(21-13-11-15-29(2)45)26-43(31-18-8-5-9-19-31)32-22-34(53-3)33(23-35(32)54(50,51)27-40)52-25-36(46)42-38(30-16-6-4-7-17-30)39(49)41-24-37(47)48/h4-9,16-19,22-23,38H,10-15,20-21,24-27H2,1-3H3,(H,41,49)(H,42,46)(H,47,48). The zero-order valence-corrected chi connectivity index (χ0v) is 32.6. The number of carboxylic acids is 1. The summed E-state index contributed by atoms with van der Waals surface area (Å²) in [7, 11) is -3.97. The smallest absolute Gasteiger partial charge is 0.322 e. The lowest BCUT2D eigenvalue weighted by Gasteiger charge is -2.37. The molecule has 0 saturated heterocycles. The van der Waals surface area contributed by atoms with Gasteiger partial charge in [-0.25, -0.2) is 8.42 Å². The largest absolute Gasteiger partial charge is 0.483 e. The highest BCUT2D eigenvalue weighted by atomic mass is 32.2. The molecule has 0 aromatic heterocycles. The number of thioether (sulfide) groups is 1. The molecule has 0 bridgehead atoms. The highest BCUT2D eigenvalue weighted by Gasteiger charge is 2.43. The van der Waals surface area contributed by atoms with Crippen LogP contribution < -0.4 is 20.3 Å². The molecule has 0 radical (unpaired) electrons. The van der Waals surface area contributed by atoms with E-state index in [2.05, 4.69) is 10.6 Å². The van der Waals surface area contributed by atoms with Gasteiger partial charge in [0, 0.05) is 36.6 Å². The van der Waals surface area contributed by atoms with Gasteiger partial charge >= 0.3 is 5.97 Å². The Morgan fingerprint density at radius 2 is 1.48 bits per heavy atom. The predicted octanol–water partition coefficient (Wildman–Crippen LogP) is 6.06. The molecule has 0 aliphatic carbocycles. The Labute approximate surface area is 321 Å². The number of unbranched alkanes of at least 4 members (excludes halogenated alkanes) is 2. The van der Waals surface area contributed by atoms with E-state index in [1.165, 1.54) is 17.8 Å². The first kappa shape index (κ1) is 42.1. The SMILES string of the molecule is CSc1cc2c(cc1OCC(=O)NC(C(=O)NCC(=O)O)c1ccccc1)S(=O)(=O)CC(CCCCC(C)=O)(CCCCC(C)=O)CN2c1ccccc1. The Kier molecular flexibility index (Phi) is 15.3. The van der Waals surface area contributed by atoms with Crippen molar-refractivity contribution in [1.82, 2.24) is 10.6 Å². The molecule has 1 aliphatic rings. The molecule has 1 aliphatic heterocycles. The highest BCUT2D eigenvalue weighted by molar-refractivity contribution is 7.98. The number of fused-ring (bicyclic) bond motifs is 1. The number of anilines is 2. The number of carbonyl (C=O) groups is 5. The second-order valence-electron chi connectivity index (χ2n) is 13.8. The van der Waals surface area contributed by atoms with E-state index in [1.807, 2.05) is 41.5 Å². The van der Waals surface area contributed by atoms with Crippen LogP contribution >= 0.6 is 11.8 Å². The molecule has 2 amide bonds. The third-order valence-electron chi connectivity index (χ3n) is 9.37. The molecule has 0 saturated carbocycles. The van der Waals surface area contributed by atoms with Gasteiger partial charge in [0.15, 0.2) is 16.4 Å². The number of hydrogen-bond donors (Lipinski definition) is 3.